The highest BCUT2D eigenvalue weighted by molar-refractivity contribution is 5.89. The van der Waals surface area contributed by atoms with Gasteiger partial charge in [-0.3, -0.25) is 4.79 Å². The molecule has 2 atom stereocenters. The van der Waals surface area contributed by atoms with Gasteiger partial charge in [-0.05, 0) is 6.42 Å². The van der Waals surface area contributed by atoms with Crippen LogP contribution in [0, 0.1) is 5.92 Å². The molecule has 94 valence electrons. The molecule has 0 aliphatic carbocycles. The van der Waals surface area contributed by atoms with Gasteiger partial charge in [0.2, 0.25) is 0 Å². The molecule has 0 spiro atoms. The number of carbonyl (C=O) groups is 3. The van der Waals surface area contributed by atoms with Crippen LogP contribution in [-0.2, 0) is 14.3 Å². The molecule has 1 unspecified atom stereocenters. The lowest BCUT2D eigenvalue weighted by molar-refractivity contribution is -0.142. The number of urea groups is 1. The summed E-state index contributed by atoms with van der Waals surface area (Å²) in [7, 11) is 1.28. The SMILES string of the molecule is COC(=O)[C@@H]1CN1C(=O)N1CCC(C(=O)O)C1. The van der Waals surface area contributed by atoms with Crippen molar-refractivity contribution in [1.82, 2.24) is 9.80 Å². The van der Waals surface area contributed by atoms with Crippen molar-refractivity contribution < 1.29 is 24.2 Å². The number of nitrogens with zero attached hydrogens (tertiary/aromatic N) is 2. The van der Waals surface area contributed by atoms with Crippen molar-refractivity contribution in [3.05, 3.63) is 0 Å². The van der Waals surface area contributed by atoms with E-state index >= 15 is 0 Å². The maximum atomic E-state index is 11.9. The number of carboxylic acid groups (broad SMARTS) is 1. The van der Waals surface area contributed by atoms with E-state index < -0.39 is 23.9 Å². The summed E-state index contributed by atoms with van der Waals surface area (Å²) in [4.78, 5) is 36.6. The van der Waals surface area contributed by atoms with Gasteiger partial charge in [0, 0.05) is 13.1 Å². The third-order valence-electron chi connectivity index (χ3n) is 3.14. The minimum absolute atomic E-state index is 0.221. The Labute approximate surface area is 97.9 Å². The van der Waals surface area contributed by atoms with Crippen LogP contribution in [0.15, 0.2) is 0 Å². The zero-order chi connectivity index (χ0) is 12.6. The Morgan fingerprint density at radius 2 is 2.00 bits per heavy atom. The van der Waals surface area contributed by atoms with E-state index in [1.807, 2.05) is 0 Å². The van der Waals surface area contributed by atoms with E-state index in [-0.39, 0.29) is 12.6 Å². The van der Waals surface area contributed by atoms with Gasteiger partial charge in [-0.25, -0.2) is 9.59 Å². The molecular weight excluding hydrogens is 228 g/mol. The van der Waals surface area contributed by atoms with Gasteiger partial charge in [0.25, 0.3) is 0 Å². The summed E-state index contributed by atoms with van der Waals surface area (Å²) in [6.07, 6.45) is 0.470. The largest absolute Gasteiger partial charge is 0.481 e. The van der Waals surface area contributed by atoms with E-state index in [1.165, 1.54) is 16.9 Å². The normalized spacial score (nSPS) is 26.9. The van der Waals surface area contributed by atoms with E-state index in [0.29, 0.717) is 19.5 Å². The van der Waals surface area contributed by atoms with Crippen LogP contribution < -0.4 is 0 Å². The van der Waals surface area contributed by atoms with Gasteiger partial charge >= 0.3 is 18.0 Å². The number of rotatable bonds is 2. The molecule has 0 aromatic heterocycles. The Kier molecular flexibility index (Phi) is 2.91. The minimum atomic E-state index is -0.879. The predicted molar refractivity (Wildman–Crippen MR) is 55.2 cm³/mol. The molecule has 2 saturated heterocycles. The van der Waals surface area contributed by atoms with Gasteiger partial charge in [-0.2, -0.15) is 0 Å². The van der Waals surface area contributed by atoms with Gasteiger partial charge in [0.05, 0.1) is 19.6 Å². The van der Waals surface area contributed by atoms with Crippen molar-refractivity contribution in [1.29, 1.82) is 0 Å². The Hall–Kier alpha value is -1.79. The van der Waals surface area contributed by atoms with Crippen molar-refractivity contribution in [3.8, 4) is 0 Å². The third-order valence-corrected chi connectivity index (χ3v) is 3.14. The zero-order valence-electron chi connectivity index (χ0n) is 9.46. The molecular formula is C10H14N2O5. The van der Waals surface area contributed by atoms with Crippen molar-refractivity contribution >= 4 is 18.0 Å². The molecule has 0 aromatic rings. The number of esters is 1. The van der Waals surface area contributed by atoms with Crippen molar-refractivity contribution in [2.24, 2.45) is 5.92 Å². The van der Waals surface area contributed by atoms with Crippen molar-refractivity contribution in [2.75, 3.05) is 26.7 Å². The van der Waals surface area contributed by atoms with Crippen LogP contribution in [0.4, 0.5) is 4.79 Å². The van der Waals surface area contributed by atoms with Crippen molar-refractivity contribution in [3.63, 3.8) is 0 Å². The number of carbonyl (C=O) groups excluding carboxylic acids is 2. The Morgan fingerprint density at radius 3 is 2.53 bits per heavy atom. The molecule has 2 fully saturated rings. The fourth-order valence-corrected chi connectivity index (χ4v) is 2.01. The van der Waals surface area contributed by atoms with Gasteiger partial charge < -0.3 is 19.6 Å². The lowest BCUT2D eigenvalue weighted by Crippen LogP contribution is -2.35. The topological polar surface area (TPSA) is 86.9 Å². The average molecular weight is 242 g/mol. The number of carboxylic acids is 1. The number of hydrogen-bond acceptors (Lipinski definition) is 4. The van der Waals surface area contributed by atoms with Crippen LogP contribution in [-0.4, -0.2) is 65.7 Å². The third kappa shape index (κ3) is 2.17. The maximum absolute atomic E-state index is 11.9. The Morgan fingerprint density at radius 1 is 1.29 bits per heavy atom. The van der Waals surface area contributed by atoms with E-state index in [4.69, 9.17) is 5.11 Å². The molecule has 17 heavy (non-hydrogen) atoms. The molecule has 2 heterocycles. The highest BCUT2D eigenvalue weighted by Crippen LogP contribution is 2.25. The molecule has 0 aromatic carbocycles. The number of likely N-dealkylation sites (tertiary alicyclic amines) is 1. The maximum Gasteiger partial charge on any atom is 0.330 e. The second-order valence-corrected chi connectivity index (χ2v) is 4.24. The second kappa shape index (κ2) is 4.23. The summed E-state index contributed by atoms with van der Waals surface area (Å²) in [5, 5.41) is 8.82. The zero-order valence-corrected chi connectivity index (χ0v) is 9.46. The van der Waals surface area contributed by atoms with Crippen LogP contribution in [0.2, 0.25) is 0 Å². The summed E-state index contributed by atoms with van der Waals surface area (Å²) in [5.74, 6) is -1.79. The summed E-state index contributed by atoms with van der Waals surface area (Å²) in [5.41, 5.74) is 0. The highest BCUT2D eigenvalue weighted by Gasteiger charge is 2.48. The first-order chi connectivity index (χ1) is 8.04. The van der Waals surface area contributed by atoms with Crippen LogP contribution in [0.1, 0.15) is 6.42 Å². The quantitative estimate of drug-likeness (QED) is 0.514. The summed E-state index contributed by atoms with van der Waals surface area (Å²) < 4.78 is 4.53. The van der Waals surface area contributed by atoms with Crippen LogP contribution in [0.5, 0.6) is 0 Å². The summed E-state index contributed by atoms with van der Waals surface area (Å²) >= 11 is 0. The molecule has 2 amide bonds. The lowest BCUT2D eigenvalue weighted by atomic mass is 10.1. The molecule has 0 saturated carbocycles. The van der Waals surface area contributed by atoms with Crippen LogP contribution in [0.3, 0.4) is 0 Å². The smallest absolute Gasteiger partial charge is 0.330 e. The fraction of sp³-hybridized carbons (Fsp3) is 0.700. The van der Waals surface area contributed by atoms with Gasteiger partial charge in [0.1, 0.15) is 6.04 Å². The Bertz CT molecular complexity index is 370. The fourth-order valence-electron chi connectivity index (χ4n) is 2.01. The molecule has 7 nitrogen and oxygen atoms in total. The molecule has 7 heteroatoms. The predicted octanol–water partition coefficient (Wildman–Crippen LogP) is -0.630. The second-order valence-electron chi connectivity index (χ2n) is 4.24. The molecule has 1 N–H and O–H groups in total. The number of hydrogen-bond donors (Lipinski definition) is 1. The van der Waals surface area contributed by atoms with E-state index in [9.17, 15) is 14.4 Å². The van der Waals surface area contributed by atoms with E-state index in [1.54, 1.807) is 0 Å². The molecule has 2 aliphatic heterocycles. The monoisotopic (exact) mass is 242 g/mol. The first kappa shape index (κ1) is 11.7. The molecule has 0 radical (unpaired) electrons. The molecule has 2 rings (SSSR count). The number of ether oxygens (including phenoxy) is 1. The van der Waals surface area contributed by atoms with Gasteiger partial charge in [-0.15, -0.1) is 0 Å². The highest BCUT2D eigenvalue weighted by atomic mass is 16.5. The first-order valence-corrected chi connectivity index (χ1v) is 5.40. The van der Waals surface area contributed by atoms with E-state index in [2.05, 4.69) is 4.74 Å². The first-order valence-electron chi connectivity index (χ1n) is 5.40. The van der Waals surface area contributed by atoms with Gasteiger partial charge in [-0.1, -0.05) is 0 Å². The average Bonchev–Trinajstić information content (AvgIpc) is 2.95. The lowest BCUT2D eigenvalue weighted by Gasteiger charge is -2.16. The van der Waals surface area contributed by atoms with Crippen molar-refractivity contribution in [2.45, 2.75) is 12.5 Å². The van der Waals surface area contributed by atoms with E-state index in [0.717, 1.165) is 0 Å². The standard InChI is InChI=1S/C10H14N2O5/c1-17-9(15)7-5-12(7)10(16)11-3-2-6(4-11)8(13)14/h6-7H,2-5H2,1H3,(H,13,14)/t6?,7-,12?/m0/s1. The van der Waals surface area contributed by atoms with Gasteiger partial charge in [0.15, 0.2) is 0 Å². The number of methoxy groups -OCH3 is 1. The molecule has 2 aliphatic rings. The minimum Gasteiger partial charge on any atom is -0.481 e. The van der Waals surface area contributed by atoms with Crippen LogP contribution in [0.25, 0.3) is 0 Å². The van der Waals surface area contributed by atoms with Crippen LogP contribution >= 0.6 is 0 Å². The summed E-state index contributed by atoms with van der Waals surface area (Å²) in [6.45, 7) is 1.01. The molecule has 0 bridgehead atoms. The number of amides is 2. The number of aliphatic carboxylic acids is 1. The summed E-state index contributed by atoms with van der Waals surface area (Å²) in [6, 6.07) is -0.763. The Balaban J connectivity index is 1.87.